The molecule has 88 valence electrons. The van der Waals surface area contributed by atoms with Crippen molar-refractivity contribution in [3.8, 4) is 5.75 Å². The summed E-state index contributed by atoms with van der Waals surface area (Å²) in [4.78, 5) is 0. The molecule has 0 atom stereocenters. The molecule has 2 N–H and O–H groups in total. The van der Waals surface area contributed by atoms with Crippen molar-refractivity contribution in [2.24, 2.45) is 5.73 Å². The van der Waals surface area contributed by atoms with Crippen LogP contribution in [-0.2, 0) is 10.2 Å². The fourth-order valence-corrected chi connectivity index (χ4v) is 2.19. The van der Waals surface area contributed by atoms with Gasteiger partial charge in [0.2, 0.25) is 0 Å². The second kappa shape index (κ2) is 4.85. The maximum absolute atomic E-state index is 5.58. The molecule has 2 rings (SSSR count). The second-order valence-electron chi connectivity index (χ2n) is 4.39. The van der Waals surface area contributed by atoms with Crippen LogP contribution < -0.4 is 10.5 Å². The highest BCUT2D eigenvalue weighted by molar-refractivity contribution is 5.34. The van der Waals surface area contributed by atoms with E-state index in [1.807, 2.05) is 12.1 Å². The second-order valence-corrected chi connectivity index (χ2v) is 4.39. The highest BCUT2D eigenvalue weighted by Gasteiger charge is 2.39. The van der Waals surface area contributed by atoms with E-state index in [0.29, 0.717) is 0 Å². The fraction of sp³-hybridized carbons (Fsp3) is 0.538. The van der Waals surface area contributed by atoms with Crippen molar-refractivity contribution in [2.45, 2.75) is 18.3 Å². The van der Waals surface area contributed by atoms with Gasteiger partial charge in [-0.2, -0.15) is 0 Å². The Hall–Kier alpha value is -1.06. The van der Waals surface area contributed by atoms with Crippen LogP contribution in [0.15, 0.2) is 24.3 Å². The lowest BCUT2D eigenvalue weighted by Crippen LogP contribution is -2.46. The van der Waals surface area contributed by atoms with Crippen LogP contribution in [0.25, 0.3) is 0 Å². The molecule has 3 heteroatoms. The molecule has 1 heterocycles. The van der Waals surface area contributed by atoms with E-state index >= 15 is 0 Å². The Kier molecular flexibility index (Phi) is 3.46. The standard InChI is InChI=1S/C13H19NO2/c1-15-12-5-3-11(4-6-12)13(7-2-8-14)9-16-10-13/h3-6H,2,7-10,14H2,1H3. The third-order valence-corrected chi connectivity index (χ3v) is 3.32. The number of benzene rings is 1. The quantitative estimate of drug-likeness (QED) is 0.823. The molecule has 1 aliphatic rings. The minimum absolute atomic E-state index is 0.200. The van der Waals surface area contributed by atoms with Gasteiger partial charge < -0.3 is 15.2 Å². The number of methoxy groups -OCH3 is 1. The number of rotatable bonds is 5. The number of nitrogens with two attached hydrogens (primary N) is 1. The van der Waals surface area contributed by atoms with Gasteiger partial charge >= 0.3 is 0 Å². The summed E-state index contributed by atoms with van der Waals surface area (Å²) < 4.78 is 10.5. The zero-order valence-electron chi connectivity index (χ0n) is 9.74. The smallest absolute Gasteiger partial charge is 0.118 e. The summed E-state index contributed by atoms with van der Waals surface area (Å²) in [6.45, 7) is 2.39. The maximum Gasteiger partial charge on any atom is 0.118 e. The molecule has 0 spiro atoms. The van der Waals surface area contributed by atoms with Crippen molar-refractivity contribution < 1.29 is 9.47 Å². The summed E-state index contributed by atoms with van der Waals surface area (Å²) in [5.41, 5.74) is 7.12. The normalized spacial score (nSPS) is 17.9. The molecule has 0 radical (unpaired) electrons. The van der Waals surface area contributed by atoms with Crippen molar-refractivity contribution >= 4 is 0 Å². The van der Waals surface area contributed by atoms with Gasteiger partial charge in [-0.3, -0.25) is 0 Å². The van der Waals surface area contributed by atoms with Crippen LogP contribution in [0, 0.1) is 0 Å². The van der Waals surface area contributed by atoms with Crippen LogP contribution in [0.5, 0.6) is 5.75 Å². The molecular weight excluding hydrogens is 202 g/mol. The van der Waals surface area contributed by atoms with E-state index in [4.69, 9.17) is 15.2 Å². The minimum Gasteiger partial charge on any atom is -0.497 e. The van der Waals surface area contributed by atoms with Crippen LogP contribution in [0.1, 0.15) is 18.4 Å². The van der Waals surface area contributed by atoms with E-state index < -0.39 is 0 Å². The van der Waals surface area contributed by atoms with Crippen LogP contribution in [0.4, 0.5) is 0 Å². The summed E-state index contributed by atoms with van der Waals surface area (Å²) in [5, 5.41) is 0. The lowest BCUT2D eigenvalue weighted by Gasteiger charge is -2.42. The molecule has 0 unspecified atom stereocenters. The number of hydrogen-bond donors (Lipinski definition) is 1. The Balaban J connectivity index is 2.13. The molecule has 1 aromatic carbocycles. The zero-order valence-corrected chi connectivity index (χ0v) is 9.74. The summed E-state index contributed by atoms with van der Waals surface area (Å²) >= 11 is 0. The lowest BCUT2D eigenvalue weighted by molar-refractivity contribution is -0.0649. The van der Waals surface area contributed by atoms with Gasteiger partial charge in [0.15, 0.2) is 0 Å². The van der Waals surface area contributed by atoms with Crippen LogP contribution in [0.3, 0.4) is 0 Å². The van der Waals surface area contributed by atoms with Gasteiger partial charge in [0.05, 0.1) is 20.3 Å². The molecule has 0 bridgehead atoms. The molecule has 0 saturated carbocycles. The number of hydrogen-bond acceptors (Lipinski definition) is 3. The van der Waals surface area contributed by atoms with Gasteiger partial charge in [0.25, 0.3) is 0 Å². The molecule has 1 aromatic rings. The number of ether oxygens (including phenoxy) is 2. The molecule has 1 aliphatic heterocycles. The van der Waals surface area contributed by atoms with Crippen molar-refractivity contribution in [1.82, 2.24) is 0 Å². The van der Waals surface area contributed by atoms with Crippen LogP contribution in [-0.4, -0.2) is 26.9 Å². The highest BCUT2D eigenvalue weighted by Crippen LogP contribution is 2.37. The molecule has 16 heavy (non-hydrogen) atoms. The molecular formula is C13H19NO2. The third kappa shape index (κ3) is 2.06. The summed E-state index contributed by atoms with van der Waals surface area (Å²) in [6, 6.07) is 8.30. The van der Waals surface area contributed by atoms with E-state index in [0.717, 1.165) is 38.3 Å². The van der Waals surface area contributed by atoms with Crippen LogP contribution >= 0.6 is 0 Å². The monoisotopic (exact) mass is 221 g/mol. The van der Waals surface area contributed by atoms with Gasteiger partial charge in [-0.15, -0.1) is 0 Å². The first-order valence-corrected chi connectivity index (χ1v) is 5.73. The molecule has 0 aliphatic carbocycles. The first-order valence-electron chi connectivity index (χ1n) is 5.73. The summed E-state index contributed by atoms with van der Waals surface area (Å²) in [7, 11) is 1.69. The van der Waals surface area contributed by atoms with Crippen molar-refractivity contribution in [3.63, 3.8) is 0 Å². The maximum atomic E-state index is 5.58. The molecule has 0 aromatic heterocycles. The van der Waals surface area contributed by atoms with Gasteiger partial charge in [-0.1, -0.05) is 12.1 Å². The van der Waals surface area contributed by atoms with Gasteiger partial charge in [0.1, 0.15) is 5.75 Å². The van der Waals surface area contributed by atoms with E-state index in [-0.39, 0.29) is 5.41 Å². The predicted molar refractivity (Wildman–Crippen MR) is 63.8 cm³/mol. The first-order chi connectivity index (χ1) is 7.80. The summed E-state index contributed by atoms with van der Waals surface area (Å²) in [6.07, 6.45) is 2.16. The van der Waals surface area contributed by atoms with E-state index in [1.54, 1.807) is 7.11 Å². The molecule has 1 fully saturated rings. The molecule has 0 amide bonds. The zero-order chi connectivity index (χ0) is 11.4. The Morgan fingerprint density at radius 2 is 2.00 bits per heavy atom. The van der Waals surface area contributed by atoms with Crippen molar-refractivity contribution in [1.29, 1.82) is 0 Å². The van der Waals surface area contributed by atoms with E-state index in [1.165, 1.54) is 5.56 Å². The molecule has 1 saturated heterocycles. The summed E-state index contributed by atoms with van der Waals surface area (Å²) in [5.74, 6) is 0.901. The minimum atomic E-state index is 0.200. The Morgan fingerprint density at radius 3 is 2.44 bits per heavy atom. The molecule has 3 nitrogen and oxygen atoms in total. The fourth-order valence-electron chi connectivity index (χ4n) is 2.19. The van der Waals surface area contributed by atoms with E-state index in [2.05, 4.69) is 12.1 Å². The highest BCUT2D eigenvalue weighted by atomic mass is 16.5. The van der Waals surface area contributed by atoms with Crippen molar-refractivity contribution in [2.75, 3.05) is 26.9 Å². The Morgan fingerprint density at radius 1 is 1.31 bits per heavy atom. The Labute approximate surface area is 96.5 Å². The average molecular weight is 221 g/mol. The van der Waals surface area contributed by atoms with E-state index in [9.17, 15) is 0 Å². The topological polar surface area (TPSA) is 44.5 Å². The average Bonchev–Trinajstić information content (AvgIpc) is 2.29. The van der Waals surface area contributed by atoms with Crippen LogP contribution in [0.2, 0.25) is 0 Å². The SMILES string of the molecule is COc1ccc(C2(CCCN)COC2)cc1. The predicted octanol–water partition coefficient (Wildman–Crippen LogP) is 1.70. The lowest BCUT2D eigenvalue weighted by atomic mass is 9.75. The Bertz CT molecular complexity index is 330. The van der Waals surface area contributed by atoms with Gasteiger partial charge in [-0.25, -0.2) is 0 Å². The van der Waals surface area contributed by atoms with Gasteiger partial charge in [-0.05, 0) is 37.1 Å². The third-order valence-electron chi connectivity index (χ3n) is 3.32. The van der Waals surface area contributed by atoms with Crippen molar-refractivity contribution in [3.05, 3.63) is 29.8 Å². The first kappa shape index (κ1) is 11.4. The van der Waals surface area contributed by atoms with Gasteiger partial charge in [0, 0.05) is 5.41 Å². The largest absolute Gasteiger partial charge is 0.497 e.